The average molecular weight is 1150 g/mol. The Hall–Kier alpha value is -10.4. The van der Waals surface area contributed by atoms with Gasteiger partial charge < -0.3 is 121 Å². The first kappa shape index (κ1) is 52.9. The predicted octanol–water partition coefficient (Wildman–Crippen LogP) is 5.69. The predicted molar refractivity (Wildman–Crippen MR) is 283 cm³/mol. The number of ether oxygens (including phenoxy) is 5. The molecule has 0 radical (unpaired) electrons. The summed E-state index contributed by atoms with van der Waals surface area (Å²) in [6.07, 6.45) is -13.0. The van der Waals surface area contributed by atoms with Gasteiger partial charge in [-0.1, -0.05) is 18.2 Å². The van der Waals surface area contributed by atoms with E-state index in [9.17, 15) is 97.0 Å². The second kappa shape index (κ2) is 18.6. The highest BCUT2D eigenvalue weighted by molar-refractivity contribution is 5.74. The highest BCUT2D eigenvalue weighted by atomic mass is 16.7. The lowest BCUT2D eigenvalue weighted by Crippen LogP contribution is -2.57. The molecule has 84 heavy (non-hydrogen) atoms. The van der Waals surface area contributed by atoms with E-state index in [1.807, 2.05) is 0 Å². The van der Waals surface area contributed by atoms with E-state index in [1.54, 1.807) is 0 Å². The molecule has 0 aromatic heterocycles. The molecule has 0 saturated heterocycles. The van der Waals surface area contributed by atoms with E-state index in [-0.39, 0.29) is 56.2 Å². The van der Waals surface area contributed by atoms with Crippen molar-refractivity contribution in [2.24, 2.45) is 0 Å². The summed E-state index contributed by atoms with van der Waals surface area (Å²) in [5.41, 5.74) is -2.64. The first-order valence-corrected chi connectivity index (χ1v) is 25.8. The lowest BCUT2D eigenvalue weighted by Gasteiger charge is -2.51. The number of aromatic hydroxyl groups is 15. The maximum Gasteiger partial charge on any atom is 0.305 e. The Bertz CT molecular complexity index is 4110. The molecule has 0 fully saturated rings. The molecule has 0 aliphatic carbocycles. The first-order chi connectivity index (χ1) is 40.0. The summed E-state index contributed by atoms with van der Waals surface area (Å²) >= 11 is 0. The van der Waals surface area contributed by atoms with Crippen molar-refractivity contribution >= 4 is 0 Å². The minimum absolute atomic E-state index is 0.0872. The maximum atomic E-state index is 13.1. The molecule has 5 heterocycles. The number of benzene rings is 8. The van der Waals surface area contributed by atoms with Crippen LogP contribution < -0.4 is 23.7 Å². The number of rotatable bonds is 6. The highest BCUT2D eigenvalue weighted by Crippen LogP contribution is 2.67. The van der Waals surface area contributed by atoms with Crippen LogP contribution in [0.2, 0.25) is 0 Å². The van der Waals surface area contributed by atoms with E-state index in [4.69, 9.17) is 23.7 Å². The fraction of sp³-hybridized carbons (Fsp3) is 0.200. The molecule has 0 unspecified atom stereocenters. The van der Waals surface area contributed by atoms with Gasteiger partial charge in [0.05, 0.1) is 23.9 Å². The van der Waals surface area contributed by atoms with Crippen molar-refractivity contribution in [3.63, 3.8) is 0 Å². The quantitative estimate of drug-likeness (QED) is 0.0889. The van der Waals surface area contributed by atoms with Gasteiger partial charge in [-0.25, -0.2) is 0 Å². The van der Waals surface area contributed by atoms with Crippen molar-refractivity contribution in [1.82, 2.24) is 0 Å². The van der Waals surface area contributed by atoms with Crippen LogP contribution in [0, 0.1) is 0 Å². The molecule has 0 amide bonds. The van der Waals surface area contributed by atoms with E-state index in [0.29, 0.717) is 0 Å². The zero-order valence-corrected chi connectivity index (χ0v) is 42.8. The van der Waals surface area contributed by atoms with Crippen LogP contribution >= 0.6 is 0 Å². The van der Waals surface area contributed by atoms with Crippen LogP contribution in [0.1, 0.15) is 97.3 Å². The van der Waals surface area contributed by atoms with Gasteiger partial charge in [0.2, 0.25) is 0 Å². The van der Waals surface area contributed by atoms with Crippen LogP contribution in [0.15, 0.2) is 103 Å². The van der Waals surface area contributed by atoms with Crippen molar-refractivity contribution in [3.8, 4) is 115 Å². The van der Waals surface area contributed by atoms with E-state index in [1.165, 1.54) is 24.3 Å². The molecule has 24 heteroatoms. The minimum atomic E-state index is -2.44. The largest absolute Gasteiger partial charge is 0.508 e. The molecule has 8 aromatic carbocycles. The fourth-order valence-electron chi connectivity index (χ4n) is 12.6. The Labute approximate surface area is 471 Å². The van der Waals surface area contributed by atoms with Gasteiger partial charge >= 0.3 is 5.79 Å². The van der Waals surface area contributed by atoms with Crippen molar-refractivity contribution in [2.45, 2.75) is 72.7 Å². The number of phenolic OH excluding ortho intramolecular Hbond substituents is 15. The Balaban J connectivity index is 1.09. The van der Waals surface area contributed by atoms with Crippen molar-refractivity contribution in [2.75, 3.05) is 0 Å². The molecule has 2 bridgehead atoms. The van der Waals surface area contributed by atoms with E-state index in [0.717, 1.165) is 78.9 Å². The van der Waals surface area contributed by atoms with Crippen molar-refractivity contribution in [1.29, 1.82) is 0 Å². The Morgan fingerprint density at radius 3 is 1.24 bits per heavy atom. The minimum Gasteiger partial charge on any atom is -0.508 e. The second-order valence-corrected chi connectivity index (χ2v) is 21.2. The number of aliphatic hydroxyl groups excluding tert-OH is 4. The third-order valence-electron chi connectivity index (χ3n) is 16.4. The van der Waals surface area contributed by atoms with Gasteiger partial charge in [-0.15, -0.1) is 0 Å². The molecule has 5 aliphatic rings. The number of aliphatic hydroxyl groups is 4. The first-order valence-electron chi connectivity index (χ1n) is 25.8. The van der Waals surface area contributed by atoms with Crippen LogP contribution in [0.3, 0.4) is 0 Å². The standard InChI is InChI=1S/C60H48O24/c61-23-13-34(71)42-40(14-23)83-60(22-4-8-28(65)33(70)12-22)59(79)50(42)47-41(84-60)18-38(75)46-49(52(78)55(82-58(46)47)21-3-7-27(64)32(69)11-21)45-37(74)17-36(73)44-48(51(77)54(81-57(44)45)20-2-6-26(63)31(68)10-20)43-35(72)16-29(66)24-15-39(76)53(80-56(24)43)19-1-5-25(62)30(67)9-19/h1-14,16-18,39,48-55,59,61-79H,15H2/t39-,48+,49+,50+,51-,52-,53-,54-,55+,59-,60-/m1/s1. The number of hydrogen-bond donors (Lipinski definition) is 19. The lowest BCUT2D eigenvalue weighted by atomic mass is 9.71. The van der Waals surface area contributed by atoms with Crippen LogP contribution in [0.25, 0.3) is 0 Å². The molecule has 13 rings (SSSR count). The van der Waals surface area contributed by atoms with Crippen LogP contribution in [-0.4, -0.2) is 121 Å². The maximum absolute atomic E-state index is 13.1. The molecule has 19 N–H and O–H groups in total. The normalized spacial score (nSPS) is 25.1. The molecule has 24 nitrogen and oxygen atoms in total. The summed E-state index contributed by atoms with van der Waals surface area (Å²) in [4.78, 5) is 0. The molecule has 5 aliphatic heterocycles. The van der Waals surface area contributed by atoms with Gasteiger partial charge in [0, 0.05) is 81.3 Å². The smallest absolute Gasteiger partial charge is 0.305 e. The van der Waals surface area contributed by atoms with Crippen LogP contribution in [-0.2, 0) is 12.2 Å². The number of phenols is 15. The summed E-state index contributed by atoms with van der Waals surface area (Å²) in [6.45, 7) is 0. The highest BCUT2D eigenvalue weighted by Gasteiger charge is 2.61. The van der Waals surface area contributed by atoms with Crippen molar-refractivity contribution in [3.05, 3.63) is 164 Å². The Kier molecular flexibility index (Phi) is 11.7. The molecule has 0 saturated carbocycles. The Morgan fingerprint density at radius 2 is 0.738 bits per heavy atom. The summed E-state index contributed by atoms with van der Waals surface area (Å²) in [5.74, 6) is -20.1. The van der Waals surface area contributed by atoms with E-state index >= 15 is 0 Å². The van der Waals surface area contributed by atoms with Gasteiger partial charge in [-0.05, 0) is 71.3 Å². The van der Waals surface area contributed by atoms with Crippen LogP contribution in [0.5, 0.6) is 115 Å². The Morgan fingerprint density at radius 1 is 0.333 bits per heavy atom. The molecular formula is C60H48O24. The van der Waals surface area contributed by atoms with Gasteiger partial charge in [0.25, 0.3) is 0 Å². The number of hydrogen-bond acceptors (Lipinski definition) is 24. The summed E-state index contributed by atoms with van der Waals surface area (Å²) < 4.78 is 32.7. The zero-order valence-electron chi connectivity index (χ0n) is 42.8. The lowest BCUT2D eigenvalue weighted by molar-refractivity contribution is -0.219. The zero-order chi connectivity index (χ0) is 59.4. The monoisotopic (exact) mass is 1150 g/mol. The summed E-state index contributed by atoms with van der Waals surface area (Å²) in [5, 5.41) is 218. The van der Waals surface area contributed by atoms with Gasteiger partial charge in [0.15, 0.2) is 58.2 Å². The molecular weight excluding hydrogens is 1100 g/mol. The van der Waals surface area contributed by atoms with Crippen molar-refractivity contribution < 1.29 is 121 Å². The molecule has 8 aromatic rings. The SMILES string of the molecule is Oc1cc(O)c2c(c1)O[C@]1(c3ccc(O)c(O)c3)Oc3cc(O)c4c(c3[C@H]2[C@H]1O)O[C@@H](c1ccc(O)c(O)c1)[C@H](O)[C@H]4c1c(O)cc(O)c2c1O[C@H](c1ccc(O)c(O)c1)[C@H](O)[C@H]2c1c(O)cc(O)c2c1O[C@H](c1ccc(O)c(O)c1)[C@H](O)C2. The van der Waals surface area contributed by atoms with Gasteiger partial charge in [-0.2, -0.15) is 0 Å². The molecule has 11 atom stereocenters. The van der Waals surface area contributed by atoms with E-state index in [2.05, 4.69) is 0 Å². The average Bonchev–Trinajstić information content (AvgIpc) is 0.881. The van der Waals surface area contributed by atoms with Gasteiger partial charge in [0.1, 0.15) is 93.4 Å². The van der Waals surface area contributed by atoms with Crippen LogP contribution in [0.4, 0.5) is 0 Å². The molecule has 432 valence electrons. The third kappa shape index (κ3) is 7.68. The van der Waals surface area contributed by atoms with Gasteiger partial charge in [-0.3, -0.25) is 0 Å². The van der Waals surface area contributed by atoms with E-state index < -0.39 is 193 Å². The summed E-state index contributed by atoms with van der Waals surface area (Å²) in [7, 11) is 0. The second-order valence-electron chi connectivity index (χ2n) is 21.2. The number of fused-ring (bicyclic) bond motifs is 10. The topological polar surface area (TPSA) is 431 Å². The summed E-state index contributed by atoms with van der Waals surface area (Å²) in [6, 6.07) is 18.2. The third-order valence-corrected chi connectivity index (χ3v) is 16.4. The fourth-order valence-corrected chi connectivity index (χ4v) is 12.6. The molecule has 0 spiro atoms.